The molecule has 0 unspecified atom stereocenters. The molecule has 0 spiro atoms. The van der Waals surface area contributed by atoms with E-state index < -0.39 is 5.97 Å². The zero-order valence-electron chi connectivity index (χ0n) is 21.4. The second-order valence-electron chi connectivity index (χ2n) is 9.56. The summed E-state index contributed by atoms with van der Waals surface area (Å²) in [5, 5.41) is 10.1. The normalized spacial score (nSPS) is 12.9. The summed E-state index contributed by atoms with van der Waals surface area (Å²) in [6.45, 7) is 1.09. The van der Waals surface area contributed by atoms with Gasteiger partial charge in [-0.3, -0.25) is 0 Å². The fourth-order valence-electron chi connectivity index (χ4n) is 4.62. The zero-order chi connectivity index (χ0) is 26.2. The Morgan fingerprint density at radius 1 is 0.921 bits per heavy atom. The quantitative estimate of drug-likeness (QED) is 0.200. The number of furan rings is 1. The maximum absolute atomic E-state index is 11.0. The molecule has 1 heterocycles. The van der Waals surface area contributed by atoms with Crippen LogP contribution >= 0.6 is 0 Å². The molecule has 38 heavy (non-hydrogen) atoms. The number of hydrogen-bond donors (Lipinski definition) is 1. The van der Waals surface area contributed by atoms with Gasteiger partial charge in [0.25, 0.3) is 0 Å². The van der Waals surface area contributed by atoms with Crippen LogP contribution < -0.4 is 9.47 Å². The van der Waals surface area contributed by atoms with E-state index in [1.807, 2.05) is 6.07 Å². The van der Waals surface area contributed by atoms with Gasteiger partial charge >= 0.3 is 5.97 Å². The predicted octanol–water partition coefficient (Wildman–Crippen LogP) is 7.58. The highest BCUT2D eigenvalue weighted by atomic mass is 16.5. The molecule has 1 N–H and O–H groups in total. The molecule has 4 aromatic rings. The SMILES string of the molecule is O=C(O)c1ccc(OCCCc2cc3oc(CCc4ccccc4)cc3cc2OCC2=CC=CCC2)cc1. The second-order valence-corrected chi connectivity index (χ2v) is 9.56. The number of carboxylic acid groups (broad SMARTS) is 1. The molecule has 3 aromatic carbocycles. The summed E-state index contributed by atoms with van der Waals surface area (Å²) in [6, 6.07) is 23.3. The molecule has 0 aliphatic heterocycles. The van der Waals surface area contributed by atoms with Gasteiger partial charge in [0, 0.05) is 11.8 Å². The number of allylic oxidation sites excluding steroid dienone is 3. The van der Waals surface area contributed by atoms with Gasteiger partial charge in [0.15, 0.2) is 0 Å². The molecular formula is C33H32O5. The monoisotopic (exact) mass is 508 g/mol. The molecule has 0 saturated heterocycles. The van der Waals surface area contributed by atoms with Gasteiger partial charge in [0.05, 0.1) is 12.2 Å². The fourth-order valence-corrected chi connectivity index (χ4v) is 4.62. The molecule has 1 aromatic heterocycles. The number of fused-ring (bicyclic) bond motifs is 1. The van der Waals surface area contributed by atoms with Crippen molar-refractivity contribution in [2.45, 2.75) is 38.5 Å². The van der Waals surface area contributed by atoms with Gasteiger partial charge in [-0.2, -0.15) is 0 Å². The Morgan fingerprint density at radius 2 is 1.76 bits per heavy atom. The minimum absolute atomic E-state index is 0.248. The summed E-state index contributed by atoms with van der Waals surface area (Å²) < 4.78 is 18.4. The first-order valence-electron chi connectivity index (χ1n) is 13.2. The van der Waals surface area contributed by atoms with Crippen LogP contribution in [0, 0.1) is 0 Å². The average molecular weight is 509 g/mol. The van der Waals surface area contributed by atoms with Crippen LogP contribution in [0.5, 0.6) is 11.5 Å². The van der Waals surface area contributed by atoms with Crippen molar-refractivity contribution in [3.63, 3.8) is 0 Å². The predicted molar refractivity (Wildman–Crippen MR) is 149 cm³/mol. The lowest BCUT2D eigenvalue weighted by molar-refractivity contribution is 0.0697. The Kier molecular flexibility index (Phi) is 8.24. The molecule has 0 radical (unpaired) electrons. The second kappa shape index (κ2) is 12.3. The maximum Gasteiger partial charge on any atom is 0.335 e. The van der Waals surface area contributed by atoms with Crippen molar-refractivity contribution in [3.05, 3.63) is 119 Å². The lowest BCUT2D eigenvalue weighted by atomic mass is 10.0. The van der Waals surface area contributed by atoms with Crippen LogP contribution in [-0.4, -0.2) is 24.3 Å². The first kappa shape index (κ1) is 25.4. The number of carbonyl (C=O) groups is 1. The highest BCUT2D eigenvalue weighted by Gasteiger charge is 2.13. The minimum Gasteiger partial charge on any atom is -0.494 e. The smallest absolute Gasteiger partial charge is 0.335 e. The van der Waals surface area contributed by atoms with Gasteiger partial charge in [0.1, 0.15) is 29.4 Å². The fraction of sp³-hybridized carbons (Fsp3) is 0.242. The standard InChI is InChI=1S/C33H32O5/c34-33(35)26-14-17-29(18-15-26)36-19-7-12-27-21-32-28(22-31(27)37-23-25-10-5-2-6-11-25)20-30(38-32)16-13-24-8-3-1-4-9-24/h1-5,8-10,14-15,17-18,20-22H,6-7,11-13,16,19,23H2,(H,34,35). The van der Waals surface area contributed by atoms with Crippen molar-refractivity contribution in [2.75, 3.05) is 13.2 Å². The molecule has 0 bridgehead atoms. The molecule has 1 aliphatic rings. The highest BCUT2D eigenvalue weighted by molar-refractivity contribution is 5.87. The van der Waals surface area contributed by atoms with Gasteiger partial charge in [-0.05, 0) is 91.3 Å². The van der Waals surface area contributed by atoms with Crippen molar-refractivity contribution in [3.8, 4) is 11.5 Å². The Morgan fingerprint density at radius 3 is 2.53 bits per heavy atom. The van der Waals surface area contributed by atoms with Crippen molar-refractivity contribution in [1.29, 1.82) is 0 Å². The van der Waals surface area contributed by atoms with E-state index in [0.29, 0.717) is 19.0 Å². The molecule has 194 valence electrons. The number of hydrogen-bond acceptors (Lipinski definition) is 4. The molecule has 5 heteroatoms. The third-order valence-corrected chi connectivity index (χ3v) is 6.73. The van der Waals surface area contributed by atoms with Gasteiger partial charge in [-0.15, -0.1) is 0 Å². The van der Waals surface area contributed by atoms with Crippen LogP contribution in [0.2, 0.25) is 0 Å². The molecule has 5 rings (SSSR count). The van der Waals surface area contributed by atoms with Crippen LogP contribution in [0.3, 0.4) is 0 Å². The lowest BCUT2D eigenvalue weighted by Gasteiger charge is -2.15. The van der Waals surface area contributed by atoms with Gasteiger partial charge < -0.3 is 19.0 Å². The summed E-state index contributed by atoms with van der Waals surface area (Å²) in [6.07, 6.45) is 11.8. The number of carboxylic acids is 1. The Labute approximate surface area is 223 Å². The minimum atomic E-state index is -0.944. The summed E-state index contributed by atoms with van der Waals surface area (Å²) >= 11 is 0. The number of ether oxygens (including phenoxy) is 2. The van der Waals surface area contributed by atoms with E-state index in [9.17, 15) is 4.79 Å². The van der Waals surface area contributed by atoms with Crippen LogP contribution in [0.15, 0.2) is 101 Å². The summed E-state index contributed by atoms with van der Waals surface area (Å²) in [5.74, 6) is 1.57. The number of aromatic carboxylic acids is 1. The Bertz CT molecular complexity index is 1430. The topological polar surface area (TPSA) is 68.9 Å². The highest BCUT2D eigenvalue weighted by Crippen LogP contribution is 2.31. The summed E-state index contributed by atoms with van der Waals surface area (Å²) in [7, 11) is 0. The van der Waals surface area contributed by atoms with Crippen molar-refractivity contribution >= 4 is 16.9 Å². The molecule has 0 fully saturated rings. The van der Waals surface area contributed by atoms with Crippen LogP contribution in [0.25, 0.3) is 11.0 Å². The zero-order valence-corrected chi connectivity index (χ0v) is 21.4. The van der Waals surface area contributed by atoms with E-state index in [1.165, 1.54) is 11.1 Å². The third-order valence-electron chi connectivity index (χ3n) is 6.73. The van der Waals surface area contributed by atoms with Gasteiger partial charge in [-0.25, -0.2) is 4.79 Å². The molecular weight excluding hydrogens is 476 g/mol. The van der Waals surface area contributed by atoms with Crippen LogP contribution in [0.4, 0.5) is 0 Å². The van der Waals surface area contributed by atoms with Crippen LogP contribution in [0.1, 0.15) is 46.5 Å². The van der Waals surface area contributed by atoms with Gasteiger partial charge in [-0.1, -0.05) is 48.6 Å². The van der Waals surface area contributed by atoms with E-state index in [2.05, 4.69) is 60.7 Å². The first-order valence-corrected chi connectivity index (χ1v) is 13.2. The number of rotatable bonds is 12. The largest absolute Gasteiger partial charge is 0.494 e. The molecule has 5 nitrogen and oxygen atoms in total. The third kappa shape index (κ3) is 6.74. The van der Waals surface area contributed by atoms with Crippen LogP contribution in [-0.2, 0) is 19.3 Å². The van der Waals surface area contributed by atoms with E-state index >= 15 is 0 Å². The van der Waals surface area contributed by atoms with Crippen molar-refractivity contribution < 1.29 is 23.8 Å². The van der Waals surface area contributed by atoms with E-state index in [1.54, 1.807) is 24.3 Å². The Hall–Kier alpha value is -4.25. The molecule has 0 atom stereocenters. The molecule has 0 saturated carbocycles. The maximum atomic E-state index is 11.0. The average Bonchev–Trinajstić information content (AvgIpc) is 3.36. The number of benzene rings is 3. The Balaban J connectivity index is 1.27. The van der Waals surface area contributed by atoms with Crippen molar-refractivity contribution in [1.82, 2.24) is 0 Å². The number of aryl methyl sites for hydroxylation is 3. The molecule has 1 aliphatic carbocycles. The summed E-state index contributed by atoms with van der Waals surface area (Å²) in [4.78, 5) is 11.0. The van der Waals surface area contributed by atoms with E-state index in [0.717, 1.165) is 66.6 Å². The first-order chi connectivity index (χ1) is 18.6. The van der Waals surface area contributed by atoms with E-state index in [4.69, 9.17) is 19.0 Å². The summed E-state index contributed by atoms with van der Waals surface area (Å²) in [5.41, 5.74) is 4.81. The van der Waals surface area contributed by atoms with E-state index in [-0.39, 0.29) is 5.56 Å². The molecule has 0 amide bonds. The van der Waals surface area contributed by atoms with Crippen molar-refractivity contribution in [2.24, 2.45) is 0 Å². The van der Waals surface area contributed by atoms with Gasteiger partial charge in [0.2, 0.25) is 0 Å². The lowest BCUT2D eigenvalue weighted by Crippen LogP contribution is -2.06.